The molecule has 0 N–H and O–H groups in total. The fraction of sp³-hybridized carbons (Fsp3) is 0.433. The predicted octanol–water partition coefficient (Wildman–Crippen LogP) is 4.20. The third kappa shape index (κ3) is 6.39. The van der Waals surface area contributed by atoms with Gasteiger partial charge in [-0.15, -0.1) is 4.80 Å². The van der Waals surface area contributed by atoms with Gasteiger partial charge < -0.3 is 9.47 Å². The van der Waals surface area contributed by atoms with Crippen molar-refractivity contribution in [3.63, 3.8) is 0 Å². The first-order valence-electron chi connectivity index (χ1n) is 13.9. The van der Waals surface area contributed by atoms with Crippen molar-refractivity contribution in [1.82, 2.24) is 24.1 Å². The van der Waals surface area contributed by atoms with Gasteiger partial charge in [0.1, 0.15) is 33.0 Å². The lowest BCUT2D eigenvalue weighted by atomic mass is 9.91. The first kappa shape index (κ1) is 32.4. The summed E-state index contributed by atoms with van der Waals surface area (Å²) in [6.07, 6.45) is 1.97. The topological polar surface area (TPSA) is 151 Å². The molecule has 232 valence electrons. The summed E-state index contributed by atoms with van der Waals surface area (Å²) in [6, 6.07) is 5.50. The summed E-state index contributed by atoms with van der Waals surface area (Å²) < 4.78 is 28.1. The summed E-state index contributed by atoms with van der Waals surface area (Å²) in [5.41, 5.74) is -2.34. The molecule has 0 fully saturated rings. The van der Waals surface area contributed by atoms with Gasteiger partial charge in [-0.05, 0) is 44.9 Å². The Hall–Kier alpha value is -4.48. The van der Waals surface area contributed by atoms with Crippen molar-refractivity contribution in [3.8, 4) is 16.8 Å². The SMILES string of the molecule is CC(=O)Oc1ccc(F)cc1[C@@H](Cn1c(=O)n(C(C)(C)C(=O)CC(C)C)c(=O)c2c(C)c(-n3nccn3)sc21)OCCC#N. The smallest absolute Gasteiger partial charge is 0.333 e. The maximum Gasteiger partial charge on any atom is 0.333 e. The molecule has 0 saturated carbocycles. The quantitative estimate of drug-likeness (QED) is 0.128. The summed E-state index contributed by atoms with van der Waals surface area (Å²) in [7, 11) is 0. The van der Waals surface area contributed by atoms with Crippen LogP contribution in [0.2, 0.25) is 0 Å². The van der Waals surface area contributed by atoms with E-state index in [1.165, 1.54) is 48.6 Å². The standard InChI is InChI=1S/C30H33FN6O6S/c1-17(2)14-24(39)30(5,6)36-26(40)25-18(3)27(37-33-11-12-34-37)44-28(25)35(29(36)41)16-23(42-13-7-10-32)21-15-20(31)8-9-22(21)43-19(4)38/h8-9,11-12,15,17,23H,7,13-14,16H2,1-6H3/t23-/m1/s1. The number of rotatable bonds is 12. The van der Waals surface area contributed by atoms with Gasteiger partial charge in [-0.2, -0.15) is 15.5 Å². The molecule has 4 rings (SSSR count). The number of Topliss-reactive ketones (excluding diaryl/α,β-unsaturated/α-hetero) is 1. The van der Waals surface area contributed by atoms with Gasteiger partial charge in [-0.25, -0.2) is 13.8 Å². The lowest BCUT2D eigenvalue weighted by Gasteiger charge is -2.28. The number of ether oxygens (including phenoxy) is 2. The highest BCUT2D eigenvalue weighted by atomic mass is 32.1. The largest absolute Gasteiger partial charge is 0.426 e. The Morgan fingerprint density at radius 3 is 2.48 bits per heavy atom. The Morgan fingerprint density at radius 2 is 1.86 bits per heavy atom. The van der Waals surface area contributed by atoms with E-state index in [9.17, 15) is 23.6 Å². The van der Waals surface area contributed by atoms with Gasteiger partial charge in [0.05, 0.1) is 43.4 Å². The van der Waals surface area contributed by atoms with Crippen molar-refractivity contribution in [2.45, 2.75) is 72.6 Å². The van der Waals surface area contributed by atoms with Gasteiger partial charge in [0.25, 0.3) is 5.56 Å². The van der Waals surface area contributed by atoms with Crippen molar-refractivity contribution >= 4 is 33.3 Å². The lowest BCUT2D eigenvalue weighted by Crippen LogP contribution is -2.53. The Bertz CT molecular complexity index is 1870. The first-order valence-corrected chi connectivity index (χ1v) is 14.7. The molecule has 1 atom stereocenters. The third-order valence-electron chi connectivity index (χ3n) is 7.08. The second kappa shape index (κ2) is 13.0. The van der Waals surface area contributed by atoms with E-state index in [4.69, 9.17) is 14.7 Å². The zero-order valence-electron chi connectivity index (χ0n) is 25.3. The highest BCUT2D eigenvalue weighted by Crippen LogP contribution is 2.34. The van der Waals surface area contributed by atoms with Crippen LogP contribution < -0.4 is 16.0 Å². The van der Waals surface area contributed by atoms with Gasteiger partial charge in [0.2, 0.25) is 0 Å². The number of thiophene rings is 1. The molecule has 44 heavy (non-hydrogen) atoms. The van der Waals surface area contributed by atoms with Gasteiger partial charge in [-0.1, -0.05) is 25.2 Å². The van der Waals surface area contributed by atoms with E-state index in [-0.39, 0.29) is 59.2 Å². The summed E-state index contributed by atoms with van der Waals surface area (Å²) in [5, 5.41) is 18.2. The molecule has 0 spiro atoms. The number of nitrogens with zero attached hydrogens (tertiary/aromatic N) is 6. The average molecular weight is 625 g/mol. The van der Waals surface area contributed by atoms with E-state index in [0.29, 0.717) is 10.6 Å². The molecule has 1 aromatic carbocycles. The number of carbonyl (C=O) groups is 2. The molecule has 0 aliphatic rings. The van der Waals surface area contributed by atoms with Crippen LogP contribution in [0.25, 0.3) is 15.2 Å². The normalized spacial score (nSPS) is 12.4. The van der Waals surface area contributed by atoms with Crippen LogP contribution in [-0.4, -0.2) is 42.5 Å². The van der Waals surface area contributed by atoms with E-state index >= 15 is 0 Å². The minimum atomic E-state index is -1.52. The lowest BCUT2D eigenvalue weighted by molar-refractivity contribution is -0.132. The molecule has 0 bridgehead atoms. The zero-order chi connectivity index (χ0) is 32.3. The molecule has 12 nitrogen and oxygen atoms in total. The number of aromatic nitrogens is 5. The molecular formula is C30H33FN6O6S. The molecular weight excluding hydrogens is 591 g/mol. The maximum absolute atomic E-state index is 14.6. The van der Waals surface area contributed by atoms with Crippen LogP contribution in [0.5, 0.6) is 5.75 Å². The highest BCUT2D eigenvalue weighted by molar-refractivity contribution is 7.21. The van der Waals surface area contributed by atoms with Crippen molar-refractivity contribution in [2.75, 3.05) is 6.61 Å². The Balaban J connectivity index is 2.03. The van der Waals surface area contributed by atoms with Gasteiger partial charge in [0.15, 0.2) is 5.78 Å². The predicted molar refractivity (Wildman–Crippen MR) is 160 cm³/mol. The van der Waals surface area contributed by atoms with Crippen LogP contribution >= 0.6 is 11.3 Å². The molecule has 0 amide bonds. The number of ketones is 1. The summed E-state index contributed by atoms with van der Waals surface area (Å²) in [6.45, 7) is 9.33. The Morgan fingerprint density at radius 1 is 1.18 bits per heavy atom. The maximum atomic E-state index is 14.6. The fourth-order valence-corrected chi connectivity index (χ4v) is 6.14. The summed E-state index contributed by atoms with van der Waals surface area (Å²) in [5.74, 6) is -1.61. The van der Waals surface area contributed by atoms with E-state index in [2.05, 4.69) is 10.2 Å². The van der Waals surface area contributed by atoms with E-state index in [1.54, 1.807) is 6.92 Å². The van der Waals surface area contributed by atoms with Gasteiger partial charge in [0, 0.05) is 24.5 Å². The number of carbonyl (C=O) groups excluding carboxylic acids is 2. The minimum Gasteiger partial charge on any atom is -0.426 e. The molecule has 4 aromatic rings. The number of hydrogen-bond acceptors (Lipinski definition) is 10. The number of fused-ring (bicyclic) bond motifs is 1. The van der Waals surface area contributed by atoms with E-state index in [0.717, 1.165) is 28.0 Å². The van der Waals surface area contributed by atoms with E-state index < -0.39 is 34.7 Å². The molecule has 0 saturated heterocycles. The van der Waals surface area contributed by atoms with Crippen LogP contribution in [0.15, 0.2) is 40.2 Å². The highest BCUT2D eigenvalue weighted by Gasteiger charge is 2.36. The molecule has 0 aliphatic carbocycles. The van der Waals surface area contributed by atoms with Crippen LogP contribution in [-0.2, 0) is 26.4 Å². The molecule has 3 aromatic heterocycles. The van der Waals surface area contributed by atoms with Crippen molar-refractivity contribution in [2.24, 2.45) is 5.92 Å². The number of esters is 1. The average Bonchev–Trinajstić information content (AvgIpc) is 3.58. The second-order valence-electron chi connectivity index (χ2n) is 11.2. The zero-order valence-corrected chi connectivity index (χ0v) is 26.1. The second-order valence-corrected chi connectivity index (χ2v) is 12.2. The number of halogens is 1. The van der Waals surface area contributed by atoms with Crippen LogP contribution in [0.3, 0.4) is 0 Å². The number of hydrogen-bond donors (Lipinski definition) is 0. The number of nitriles is 1. The molecule has 0 aliphatic heterocycles. The van der Waals surface area contributed by atoms with Crippen molar-refractivity contribution in [3.05, 3.63) is 68.4 Å². The van der Waals surface area contributed by atoms with Crippen LogP contribution in [0, 0.1) is 30.0 Å². The van der Waals surface area contributed by atoms with E-state index in [1.807, 2.05) is 19.9 Å². The molecule has 3 heterocycles. The Labute approximate surface area is 256 Å². The number of benzene rings is 1. The van der Waals surface area contributed by atoms with Gasteiger partial charge in [-0.3, -0.25) is 19.0 Å². The molecule has 0 unspecified atom stereocenters. The van der Waals surface area contributed by atoms with Gasteiger partial charge >= 0.3 is 11.7 Å². The minimum absolute atomic E-state index is 0.00898. The number of aryl methyl sites for hydroxylation is 1. The van der Waals surface area contributed by atoms with Crippen LogP contribution in [0.4, 0.5) is 4.39 Å². The summed E-state index contributed by atoms with van der Waals surface area (Å²) >= 11 is 1.09. The molecule has 14 heteroatoms. The Kier molecular flexibility index (Phi) is 9.60. The first-order chi connectivity index (χ1) is 20.8. The van der Waals surface area contributed by atoms with Crippen molar-refractivity contribution in [1.29, 1.82) is 5.26 Å². The monoisotopic (exact) mass is 624 g/mol. The summed E-state index contributed by atoms with van der Waals surface area (Å²) in [4.78, 5) is 55.3. The fourth-order valence-electron chi connectivity index (χ4n) is 4.92. The van der Waals surface area contributed by atoms with Crippen LogP contribution in [0.1, 0.15) is 64.7 Å². The van der Waals surface area contributed by atoms with Crippen molar-refractivity contribution < 1.29 is 23.5 Å². The molecule has 0 radical (unpaired) electrons. The third-order valence-corrected chi connectivity index (χ3v) is 8.36.